The Morgan fingerprint density at radius 1 is 1.29 bits per heavy atom. The first-order chi connectivity index (χ1) is 8.27. The number of nitrogens with zero attached hydrogens (tertiary/aromatic N) is 1. The number of piperazine rings is 1. The van der Waals surface area contributed by atoms with Crippen molar-refractivity contribution < 1.29 is 4.79 Å². The summed E-state index contributed by atoms with van der Waals surface area (Å²) < 4.78 is 0. The quantitative estimate of drug-likeness (QED) is 0.779. The first kappa shape index (κ1) is 11.4. The van der Waals surface area contributed by atoms with Crippen molar-refractivity contribution in [1.82, 2.24) is 10.2 Å². The Labute approximate surface area is 103 Å². The Kier molecular flexibility index (Phi) is 3.05. The maximum Gasteiger partial charge on any atom is 0.163 e. The molecule has 3 nitrogen and oxygen atoms in total. The van der Waals surface area contributed by atoms with E-state index in [0.717, 1.165) is 39.1 Å². The van der Waals surface area contributed by atoms with Gasteiger partial charge in [0.1, 0.15) is 0 Å². The van der Waals surface area contributed by atoms with Gasteiger partial charge in [0.15, 0.2) is 5.78 Å². The van der Waals surface area contributed by atoms with Crippen molar-refractivity contribution in [2.45, 2.75) is 26.2 Å². The SMILES string of the molecule is CC1C2=C(CCC2)C(=O)C1CN1CCNCC1. The Bertz CT molecular complexity index is 355. The molecule has 0 aromatic heterocycles. The average molecular weight is 234 g/mol. The molecule has 3 aliphatic rings. The van der Waals surface area contributed by atoms with Crippen molar-refractivity contribution in [1.29, 1.82) is 0 Å². The first-order valence-corrected chi connectivity index (χ1v) is 6.96. The number of carbonyl (C=O) groups is 1. The molecular weight excluding hydrogens is 212 g/mol. The van der Waals surface area contributed by atoms with Crippen molar-refractivity contribution in [3.8, 4) is 0 Å². The van der Waals surface area contributed by atoms with Gasteiger partial charge in [0.05, 0.1) is 0 Å². The molecule has 1 N–H and O–H groups in total. The van der Waals surface area contributed by atoms with Gasteiger partial charge in [-0.15, -0.1) is 0 Å². The molecule has 0 aromatic carbocycles. The maximum absolute atomic E-state index is 12.4. The van der Waals surface area contributed by atoms with Crippen molar-refractivity contribution in [3.05, 3.63) is 11.1 Å². The summed E-state index contributed by atoms with van der Waals surface area (Å²) in [5.74, 6) is 1.25. The molecule has 1 fully saturated rings. The van der Waals surface area contributed by atoms with E-state index >= 15 is 0 Å². The number of hydrogen-bond donors (Lipinski definition) is 1. The Morgan fingerprint density at radius 3 is 2.76 bits per heavy atom. The van der Waals surface area contributed by atoms with E-state index in [1.165, 1.54) is 24.0 Å². The number of allylic oxidation sites excluding steroid dienone is 2. The molecule has 0 spiro atoms. The minimum absolute atomic E-state index is 0.262. The van der Waals surface area contributed by atoms with Crippen molar-refractivity contribution >= 4 is 5.78 Å². The van der Waals surface area contributed by atoms with Crippen LogP contribution in [0.2, 0.25) is 0 Å². The molecule has 0 saturated carbocycles. The summed E-state index contributed by atoms with van der Waals surface area (Å²) in [5.41, 5.74) is 2.70. The van der Waals surface area contributed by atoms with Gasteiger partial charge in [-0.3, -0.25) is 4.79 Å². The van der Waals surface area contributed by atoms with Crippen LogP contribution < -0.4 is 5.32 Å². The van der Waals surface area contributed by atoms with Gasteiger partial charge < -0.3 is 10.2 Å². The number of ketones is 1. The van der Waals surface area contributed by atoms with E-state index in [2.05, 4.69) is 17.1 Å². The lowest BCUT2D eigenvalue weighted by Gasteiger charge is -2.31. The van der Waals surface area contributed by atoms with Crippen LogP contribution in [0.3, 0.4) is 0 Å². The van der Waals surface area contributed by atoms with Crippen LogP contribution in [0.5, 0.6) is 0 Å². The molecule has 94 valence electrons. The van der Waals surface area contributed by atoms with E-state index in [1.54, 1.807) is 0 Å². The highest BCUT2D eigenvalue weighted by molar-refractivity contribution is 6.01. The highest BCUT2D eigenvalue weighted by Gasteiger charge is 2.41. The minimum atomic E-state index is 0.262. The minimum Gasteiger partial charge on any atom is -0.314 e. The third-order valence-corrected chi connectivity index (χ3v) is 4.71. The molecule has 17 heavy (non-hydrogen) atoms. The van der Waals surface area contributed by atoms with Gasteiger partial charge in [-0.1, -0.05) is 12.5 Å². The topological polar surface area (TPSA) is 32.3 Å². The van der Waals surface area contributed by atoms with Gasteiger partial charge in [0.2, 0.25) is 0 Å². The van der Waals surface area contributed by atoms with Crippen LogP contribution in [0, 0.1) is 11.8 Å². The van der Waals surface area contributed by atoms with Crippen molar-refractivity contribution in [2.24, 2.45) is 11.8 Å². The Morgan fingerprint density at radius 2 is 2.06 bits per heavy atom. The molecule has 3 heteroatoms. The zero-order valence-corrected chi connectivity index (χ0v) is 10.7. The van der Waals surface area contributed by atoms with E-state index in [9.17, 15) is 4.79 Å². The van der Waals surface area contributed by atoms with Gasteiger partial charge in [-0.25, -0.2) is 0 Å². The number of Topliss-reactive ketones (excluding diaryl/α,β-unsaturated/α-hetero) is 1. The lowest BCUT2D eigenvalue weighted by Crippen LogP contribution is -2.46. The lowest BCUT2D eigenvalue weighted by atomic mass is 9.89. The predicted molar refractivity (Wildman–Crippen MR) is 67.8 cm³/mol. The normalized spacial score (nSPS) is 34.5. The van der Waals surface area contributed by atoms with Crippen LogP contribution in [0.4, 0.5) is 0 Å². The summed E-state index contributed by atoms with van der Waals surface area (Å²) in [6, 6.07) is 0. The molecule has 1 saturated heterocycles. The van der Waals surface area contributed by atoms with Crippen molar-refractivity contribution in [2.75, 3.05) is 32.7 Å². The van der Waals surface area contributed by atoms with Crippen LogP contribution in [-0.4, -0.2) is 43.4 Å². The molecule has 0 aromatic rings. The summed E-state index contributed by atoms with van der Waals surface area (Å²) >= 11 is 0. The summed E-state index contributed by atoms with van der Waals surface area (Å²) in [7, 11) is 0. The van der Waals surface area contributed by atoms with Gasteiger partial charge in [-0.05, 0) is 30.8 Å². The average Bonchev–Trinajstić information content (AvgIpc) is 2.91. The zero-order chi connectivity index (χ0) is 11.8. The second kappa shape index (κ2) is 4.54. The Balaban J connectivity index is 1.67. The first-order valence-electron chi connectivity index (χ1n) is 6.96. The molecule has 2 unspecified atom stereocenters. The van der Waals surface area contributed by atoms with Gasteiger partial charge >= 0.3 is 0 Å². The smallest absolute Gasteiger partial charge is 0.163 e. The van der Waals surface area contributed by atoms with Crippen LogP contribution in [0.1, 0.15) is 26.2 Å². The second-order valence-electron chi connectivity index (χ2n) is 5.67. The van der Waals surface area contributed by atoms with E-state index in [0.29, 0.717) is 11.7 Å². The van der Waals surface area contributed by atoms with Crippen LogP contribution in [0.25, 0.3) is 0 Å². The molecule has 0 radical (unpaired) electrons. The van der Waals surface area contributed by atoms with E-state index < -0.39 is 0 Å². The van der Waals surface area contributed by atoms with Crippen LogP contribution in [0.15, 0.2) is 11.1 Å². The molecule has 0 amide bonds. The van der Waals surface area contributed by atoms with Crippen LogP contribution in [-0.2, 0) is 4.79 Å². The molecule has 1 aliphatic heterocycles. The molecule has 0 bridgehead atoms. The summed E-state index contributed by atoms with van der Waals surface area (Å²) in [6.45, 7) is 7.58. The fourth-order valence-electron chi connectivity index (χ4n) is 3.66. The molecule has 1 heterocycles. The third-order valence-electron chi connectivity index (χ3n) is 4.71. The largest absolute Gasteiger partial charge is 0.314 e. The maximum atomic E-state index is 12.4. The highest BCUT2D eigenvalue weighted by atomic mass is 16.1. The van der Waals surface area contributed by atoms with Gasteiger partial charge in [-0.2, -0.15) is 0 Å². The summed E-state index contributed by atoms with van der Waals surface area (Å²) in [5, 5.41) is 3.36. The third kappa shape index (κ3) is 1.95. The number of carbonyl (C=O) groups excluding carboxylic acids is 1. The molecule has 2 atom stereocenters. The van der Waals surface area contributed by atoms with E-state index in [4.69, 9.17) is 0 Å². The summed E-state index contributed by atoms with van der Waals surface area (Å²) in [6.07, 6.45) is 3.44. The highest BCUT2D eigenvalue weighted by Crippen LogP contribution is 2.43. The summed E-state index contributed by atoms with van der Waals surface area (Å²) in [4.78, 5) is 14.8. The second-order valence-corrected chi connectivity index (χ2v) is 5.67. The Hall–Kier alpha value is -0.670. The fraction of sp³-hybridized carbons (Fsp3) is 0.786. The molecule has 3 rings (SSSR count). The standard InChI is InChI=1S/C14H22N2O/c1-10-11-3-2-4-12(11)14(17)13(10)9-16-7-5-15-6-8-16/h10,13,15H,2-9H2,1H3. The van der Waals surface area contributed by atoms with E-state index in [1.807, 2.05) is 0 Å². The van der Waals surface area contributed by atoms with Crippen LogP contribution >= 0.6 is 0 Å². The number of rotatable bonds is 2. The monoisotopic (exact) mass is 234 g/mol. The fourth-order valence-corrected chi connectivity index (χ4v) is 3.66. The predicted octanol–water partition coefficient (Wildman–Crippen LogP) is 1.21. The van der Waals surface area contributed by atoms with Gasteiger partial charge in [0, 0.05) is 38.6 Å². The molecular formula is C14H22N2O. The zero-order valence-electron chi connectivity index (χ0n) is 10.7. The molecule has 2 aliphatic carbocycles. The van der Waals surface area contributed by atoms with Crippen molar-refractivity contribution in [3.63, 3.8) is 0 Å². The van der Waals surface area contributed by atoms with Gasteiger partial charge in [0.25, 0.3) is 0 Å². The number of nitrogens with one attached hydrogen (secondary N) is 1. The number of hydrogen-bond acceptors (Lipinski definition) is 3. The lowest BCUT2D eigenvalue weighted by molar-refractivity contribution is -0.119. The van der Waals surface area contributed by atoms with E-state index in [-0.39, 0.29) is 5.92 Å².